The number of benzene rings is 1. The van der Waals surface area contributed by atoms with E-state index in [0.717, 1.165) is 22.9 Å². The lowest BCUT2D eigenvalue weighted by Gasteiger charge is -2.06. The normalized spacial score (nSPS) is 10.9. The van der Waals surface area contributed by atoms with Crippen LogP contribution in [0.5, 0.6) is 0 Å². The number of ether oxygens (including phenoxy) is 1. The van der Waals surface area contributed by atoms with Gasteiger partial charge in [0.25, 0.3) is 0 Å². The van der Waals surface area contributed by atoms with Crippen molar-refractivity contribution in [1.82, 2.24) is 9.97 Å². The average molecular weight is 327 g/mol. The lowest BCUT2D eigenvalue weighted by atomic mass is 10.2. The smallest absolute Gasteiger partial charge is 0.348 e. The van der Waals surface area contributed by atoms with Crippen LogP contribution in [0.1, 0.15) is 32.9 Å². The topological polar surface area (TPSA) is 78.1 Å². The summed E-state index contributed by atoms with van der Waals surface area (Å²) in [6.45, 7) is 4.07. The summed E-state index contributed by atoms with van der Waals surface area (Å²) in [5.74, 6) is 0.438. The molecule has 6 heteroatoms. The highest BCUT2D eigenvalue weighted by atomic mass is 32.1. The molecule has 0 bridgehead atoms. The van der Waals surface area contributed by atoms with Gasteiger partial charge in [0.1, 0.15) is 10.7 Å². The van der Waals surface area contributed by atoms with E-state index in [1.165, 1.54) is 16.2 Å². The highest BCUT2D eigenvalue weighted by Crippen LogP contribution is 2.23. The van der Waals surface area contributed by atoms with Gasteiger partial charge in [0.05, 0.1) is 5.52 Å². The Labute approximate surface area is 138 Å². The van der Waals surface area contributed by atoms with E-state index in [-0.39, 0.29) is 12.6 Å². The van der Waals surface area contributed by atoms with E-state index in [1.807, 2.05) is 37.3 Å². The number of nitrogens with zero attached hydrogens (tertiary/aromatic N) is 2. The lowest BCUT2D eigenvalue weighted by molar-refractivity contribution is 0.0468. The van der Waals surface area contributed by atoms with Gasteiger partial charge < -0.3 is 10.5 Å². The first kappa shape index (κ1) is 15.4. The number of carbonyl (C=O) groups excluding carboxylic acids is 1. The minimum absolute atomic E-state index is 0.00622. The first-order valence-corrected chi connectivity index (χ1v) is 8.17. The van der Waals surface area contributed by atoms with Crippen molar-refractivity contribution < 1.29 is 9.53 Å². The Morgan fingerprint density at radius 2 is 2.09 bits per heavy atom. The Hall–Kier alpha value is -2.47. The van der Waals surface area contributed by atoms with Crippen LogP contribution in [0.15, 0.2) is 30.3 Å². The van der Waals surface area contributed by atoms with Gasteiger partial charge in [-0.25, -0.2) is 14.8 Å². The van der Waals surface area contributed by atoms with Crippen molar-refractivity contribution in [3.05, 3.63) is 51.5 Å². The molecule has 0 aliphatic heterocycles. The number of hydrogen-bond donors (Lipinski definition) is 1. The molecular weight excluding hydrogens is 310 g/mol. The van der Waals surface area contributed by atoms with Crippen LogP contribution in [0, 0.1) is 6.92 Å². The number of aryl methyl sites for hydroxylation is 2. The minimum atomic E-state index is -0.354. The first-order valence-electron chi connectivity index (χ1n) is 7.36. The summed E-state index contributed by atoms with van der Waals surface area (Å²) in [5.41, 5.74) is 7.79. The monoisotopic (exact) mass is 327 g/mol. The Kier molecular flexibility index (Phi) is 4.25. The molecule has 0 radical (unpaired) electrons. The van der Waals surface area contributed by atoms with Gasteiger partial charge in [-0.2, -0.15) is 0 Å². The minimum Gasteiger partial charge on any atom is -0.453 e. The molecule has 0 aliphatic rings. The SMILES string of the molecule is CCc1sc(C(=O)OCc2nc(N)c3ccccc3n2)cc1C. The number of para-hydroxylation sites is 1. The zero-order chi connectivity index (χ0) is 16.4. The van der Waals surface area contributed by atoms with E-state index in [1.54, 1.807) is 0 Å². The molecule has 5 nitrogen and oxygen atoms in total. The molecule has 0 saturated heterocycles. The highest BCUT2D eigenvalue weighted by Gasteiger charge is 2.14. The predicted molar refractivity (Wildman–Crippen MR) is 91.5 cm³/mol. The van der Waals surface area contributed by atoms with E-state index in [0.29, 0.717) is 16.5 Å². The number of anilines is 1. The Balaban J connectivity index is 1.76. The number of rotatable bonds is 4. The van der Waals surface area contributed by atoms with E-state index in [9.17, 15) is 4.79 Å². The molecular formula is C17H17N3O2S. The van der Waals surface area contributed by atoms with Crippen LogP contribution < -0.4 is 5.73 Å². The van der Waals surface area contributed by atoms with E-state index >= 15 is 0 Å². The van der Waals surface area contributed by atoms with Crippen molar-refractivity contribution in [3.63, 3.8) is 0 Å². The maximum atomic E-state index is 12.1. The summed E-state index contributed by atoms with van der Waals surface area (Å²) in [5, 5.41) is 0.795. The maximum absolute atomic E-state index is 12.1. The zero-order valence-corrected chi connectivity index (χ0v) is 13.8. The maximum Gasteiger partial charge on any atom is 0.348 e. The molecule has 0 aliphatic carbocycles. The summed E-state index contributed by atoms with van der Waals surface area (Å²) >= 11 is 1.47. The van der Waals surface area contributed by atoms with E-state index in [2.05, 4.69) is 16.9 Å². The van der Waals surface area contributed by atoms with Crippen molar-refractivity contribution in [3.8, 4) is 0 Å². The fourth-order valence-electron chi connectivity index (χ4n) is 2.39. The fourth-order valence-corrected chi connectivity index (χ4v) is 3.40. The summed E-state index contributed by atoms with van der Waals surface area (Å²) in [7, 11) is 0. The van der Waals surface area contributed by atoms with Gasteiger partial charge >= 0.3 is 5.97 Å². The highest BCUT2D eigenvalue weighted by molar-refractivity contribution is 7.14. The van der Waals surface area contributed by atoms with Crippen LogP contribution in [0.25, 0.3) is 10.9 Å². The van der Waals surface area contributed by atoms with Gasteiger partial charge in [0.2, 0.25) is 0 Å². The summed E-state index contributed by atoms with van der Waals surface area (Å²) in [6, 6.07) is 9.34. The van der Waals surface area contributed by atoms with Crippen LogP contribution in [0.3, 0.4) is 0 Å². The third kappa shape index (κ3) is 3.17. The second-order valence-electron chi connectivity index (χ2n) is 5.19. The largest absolute Gasteiger partial charge is 0.453 e. The van der Waals surface area contributed by atoms with Gasteiger partial charge in [0, 0.05) is 10.3 Å². The van der Waals surface area contributed by atoms with Gasteiger partial charge in [-0.1, -0.05) is 19.1 Å². The average Bonchev–Trinajstić information content (AvgIpc) is 2.94. The van der Waals surface area contributed by atoms with Crippen molar-refractivity contribution in [2.75, 3.05) is 5.73 Å². The second kappa shape index (κ2) is 6.34. The Morgan fingerprint density at radius 3 is 2.83 bits per heavy atom. The second-order valence-corrected chi connectivity index (χ2v) is 6.33. The molecule has 1 aromatic carbocycles. The van der Waals surface area contributed by atoms with Crippen LogP contribution in [-0.2, 0) is 17.8 Å². The molecule has 3 aromatic rings. The summed E-state index contributed by atoms with van der Waals surface area (Å²) in [6.07, 6.45) is 0.911. The molecule has 0 atom stereocenters. The molecule has 0 saturated carbocycles. The number of nitrogen functional groups attached to an aromatic ring is 1. The van der Waals surface area contributed by atoms with Crippen LogP contribution >= 0.6 is 11.3 Å². The number of thiophene rings is 1. The number of carbonyl (C=O) groups is 1. The number of esters is 1. The van der Waals surface area contributed by atoms with Crippen LogP contribution in [0.2, 0.25) is 0 Å². The Morgan fingerprint density at radius 1 is 1.30 bits per heavy atom. The van der Waals surface area contributed by atoms with Crippen LogP contribution in [0.4, 0.5) is 5.82 Å². The number of fused-ring (bicyclic) bond motifs is 1. The predicted octanol–water partition coefficient (Wildman–Crippen LogP) is 3.50. The fraction of sp³-hybridized carbons (Fsp3) is 0.235. The summed E-state index contributed by atoms with van der Waals surface area (Å²) in [4.78, 5) is 22.5. The molecule has 2 N–H and O–H groups in total. The van der Waals surface area contributed by atoms with Crippen molar-refractivity contribution in [2.45, 2.75) is 26.9 Å². The van der Waals surface area contributed by atoms with Gasteiger partial charge in [0.15, 0.2) is 12.4 Å². The molecule has 0 spiro atoms. The number of aromatic nitrogens is 2. The molecule has 2 aromatic heterocycles. The third-order valence-electron chi connectivity index (χ3n) is 3.55. The number of hydrogen-bond acceptors (Lipinski definition) is 6. The molecule has 23 heavy (non-hydrogen) atoms. The van der Waals surface area contributed by atoms with Crippen LogP contribution in [-0.4, -0.2) is 15.9 Å². The van der Waals surface area contributed by atoms with Crippen molar-refractivity contribution in [2.24, 2.45) is 0 Å². The van der Waals surface area contributed by atoms with Crippen molar-refractivity contribution in [1.29, 1.82) is 0 Å². The number of nitrogens with two attached hydrogens (primary N) is 1. The zero-order valence-electron chi connectivity index (χ0n) is 13.0. The Bertz CT molecular complexity index is 873. The quantitative estimate of drug-likeness (QED) is 0.742. The molecule has 0 unspecified atom stereocenters. The third-order valence-corrected chi connectivity index (χ3v) is 4.92. The lowest BCUT2D eigenvalue weighted by Crippen LogP contribution is -2.07. The molecule has 0 fully saturated rings. The first-order chi connectivity index (χ1) is 11.1. The van der Waals surface area contributed by atoms with E-state index < -0.39 is 0 Å². The van der Waals surface area contributed by atoms with Gasteiger partial charge in [-0.15, -0.1) is 11.3 Å². The molecule has 2 heterocycles. The van der Waals surface area contributed by atoms with E-state index in [4.69, 9.17) is 10.5 Å². The standard InChI is InChI=1S/C17H17N3O2S/c1-3-13-10(2)8-14(23-13)17(21)22-9-15-19-12-7-5-4-6-11(12)16(18)20-15/h4-8H,3,9H2,1-2H3,(H2,18,19,20). The molecule has 118 valence electrons. The summed E-state index contributed by atoms with van der Waals surface area (Å²) < 4.78 is 5.32. The van der Waals surface area contributed by atoms with Gasteiger partial charge in [-0.3, -0.25) is 0 Å². The molecule has 0 amide bonds. The molecule has 3 rings (SSSR count). The van der Waals surface area contributed by atoms with Crippen molar-refractivity contribution >= 4 is 34.0 Å². The van der Waals surface area contributed by atoms with Gasteiger partial charge in [-0.05, 0) is 37.1 Å².